The van der Waals surface area contributed by atoms with Crippen LogP contribution in [0.15, 0.2) is 146 Å². The number of carbonyl (C=O) groups excluding carboxylic acids is 1. The molecule has 0 spiro atoms. The van der Waals surface area contributed by atoms with Crippen LogP contribution in [0.4, 0.5) is 0 Å². The first-order valence-electron chi connectivity index (χ1n) is 23.8. The van der Waals surface area contributed by atoms with Crippen molar-refractivity contribution in [2.75, 3.05) is 0 Å². The highest BCUT2D eigenvalue weighted by Gasteiger charge is 2.67. The molecule has 0 radical (unpaired) electrons. The minimum absolute atomic E-state index is 0.0743. The Morgan fingerprint density at radius 1 is 0.385 bits per heavy atom. The van der Waals surface area contributed by atoms with Gasteiger partial charge in [0, 0.05) is 5.56 Å². The van der Waals surface area contributed by atoms with Gasteiger partial charge in [-0.3, -0.25) is 4.79 Å². The van der Waals surface area contributed by atoms with E-state index in [9.17, 15) is 4.79 Å². The molecule has 1 amide bonds. The summed E-state index contributed by atoms with van der Waals surface area (Å²) in [6.45, 7) is 30.2. The standard InChI is InChI=1S/C63H65NO/c1-38(39-19-15-14-16-20-39)64-57(65)40-23-28-46-45-21-17-18-22-51(45)62-53-34-41(58(2,3)4)24-29-47(53)49-31-26-43(60(8,9)10)36-55(49)63(62,52(46)33-40)56-37-44(61(11,12)13)27-32-50(56)48-30-25-42(35-54(48)62)59(5,6)7/h14-38H,1-13H3,(H,64,65)/t38-,62?,63?/m0/s1. The molecule has 0 fully saturated rings. The average Bonchev–Trinajstić information content (AvgIpc) is 3.27. The molecule has 1 atom stereocenters. The summed E-state index contributed by atoms with van der Waals surface area (Å²) in [5.41, 5.74) is 20.1. The maximum Gasteiger partial charge on any atom is 0.251 e. The molecular weight excluding hydrogens is 787 g/mol. The van der Waals surface area contributed by atoms with Crippen molar-refractivity contribution in [3.8, 4) is 33.4 Å². The Kier molecular flexibility index (Phi) is 9.41. The minimum atomic E-state index is -0.821. The molecule has 10 rings (SSSR count). The summed E-state index contributed by atoms with van der Waals surface area (Å²) in [5.74, 6) is -0.0743. The van der Waals surface area contributed by atoms with E-state index in [0.29, 0.717) is 5.56 Å². The van der Waals surface area contributed by atoms with Crippen molar-refractivity contribution < 1.29 is 4.79 Å². The van der Waals surface area contributed by atoms with Gasteiger partial charge in [0.1, 0.15) is 0 Å². The Morgan fingerprint density at radius 3 is 1.11 bits per heavy atom. The Morgan fingerprint density at radius 2 is 0.708 bits per heavy atom. The molecule has 65 heavy (non-hydrogen) atoms. The van der Waals surface area contributed by atoms with Crippen LogP contribution in [0, 0.1) is 0 Å². The lowest BCUT2D eigenvalue weighted by Crippen LogP contribution is -2.59. The smallest absolute Gasteiger partial charge is 0.251 e. The van der Waals surface area contributed by atoms with Crippen LogP contribution < -0.4 is 5.32 Å². The van der Waals surface area contributed by atoms with Crippen molar-refractivity contribution in [3.05, 3.63) is 212 Å². The topological polar surface area (TPSA) is 29.1 Å². The van der Waals surface area contributed by atoms with Crippen molar-refractivity contribution in [2.24, 2.45) is 0 Å². The van der Waals surface area contributed by atoms with Gasteiger partial charge in [-0.15, -0.1) is 0 Å². The molecular formula is C63H65NO. The van der Waals surface area contributed by atoms with Gasteiger partial charge in [-0.1, -0.05) is 217 Å². The number of amides is 1. The summed E-state index contributed by atoms with van der Waals surface area (Å²) in [6.07, 6.45) is 0. The fourth-order valence-corrected chi connectivity index (χ4v) is 11.7. The number of fused-ring (bicyclic) bond motifs is 9. The Bertz CT molecular complexity index is 2950. The van der Waals surface area contributed by atoms with E-state index < -0.39 is 10.8 Å². The van der Waals surface area contributed by atoms with Gasteiger partial charge in [0.25, 0.3) is 5.91 Å². The zero-order valence-electron chi connectivity index (χ0n) is 40.8. The minimum Gasteiger partial charge on any atom is -0.346 e. The fourth-order valence-electron chi connectivity index (χ4n) is 11.7. The van der Waals surface area contributed by atoms with Gasteiger partial charge < -0.3 is 5.32 Å². The second-order valence-corrected chi connectivity index (χ2v) is 23.5. The third-order valence-electron chi connectivity index (χ3n) is 15.3. The zero-order valence-corrected chi connectivity index (χ0v) is 40.8. The van der Waals surface area contributed by atoms with Crippen molar-refractivity contribution >= 4 is 5.91 Å². The molecule has 3 aliphatic carbocycles. The molecule has 0 aromatic heterocycles. The van der Waals surface area contributed by atoms with Crippen LogP contribution in [0.1, 0.15) is 168 Å². The van der Waals surface area contributed by atoms with Gasteiger partial charge in [0.2, 0.25) is 0 Å². The summed E-state index contributed by atoms with van der Waals surface area (Å²) in [4.78, 5) is 14.9. The third-order valence-corrected chi connectivity index (χ3v) is 15.3. The quantitative estimate of drug-likeness (QED) is 0.189. The molecule has 0 saturated heterocycles. The summed E-state index contributed by atoms with van der Waals surface area (Å²) >= 11 is 0. The van der Waals surface area contributed by atoms with Crippen LogP contribution in [0.25, 0.3) is 33.4 Å². The van der Waals surface area contributed by atoms with E-state index in [4.69, 9.17) is 0 Å². The number of rotatable bonds is 3. The maximum atomic E-state index is 14.9. The number of benzene rings is 7. The number of hydrogen-bond donors (Lipinski definition) is 1. The molecule has 7 aromatic rings. The van der Waals surface area contributed by atoms with Gasteiger partial charge in [0.15, 0.2) is 0 Å². The summed E-state index contributed by atoms with van der Waals surface area (Å²) < 4.78 is 0. The highest BCUT2D eigenvalue weighted by molar-refractivity contribution is 6.01. The first-order chi connectivity index (χ1) is 30.6. The molecule has 2 heteroatoms. The summed E-state index contributed by atoms with van der Waals surface area (Å²) in [6, 6.07) is 55.5. The van der Waals surface area contributed by atoms with Gasteiger partial charge in [-0.25, -0.2) is 0 Å². The van der Waals surface area contributed by atoms with Crippen molar-refractivity contribution in [1.29, 1.82) is 0 Å². The molecule has 0 heterocycles. The van der Waals surface area contributed by atoms with E-state index in [2.05, 4.69) is 223 Å². The van der Waals surface area contributed by atoms with E-state index in [1.54, 1.807) is 0 Å². The van der Waals surface area contributed by atoms with Crippen molar-refractivity contribution in [2.45, 2.75) is 129 Å². The Balaban J connectivity index is 1.47. The van der Waals surface area contributed by atoms with E-state index in [1.165, 1.54) is 89.0 Å². The van der Waals surface area contributed by atoms with E-state index >= 15 is 0 Å². The lowest BCUT2D eigenvalue weighted by Gasteiger charge is -2.62. The highest BCUT2D eigenvalue weighted by atomic mass is 16.1. The van der Waals surface area contributed by atoms with Gasteiger partial charge >= 0.3 is 0 Å². The number of carbonyl (C=O) groups is 1. The van der Waals surface area contributed by atoms with E-state index in [0.717, 1.165) is 5.56 Å². The second kappa shape index (κ2) is 14.3. The third kappa shape index (κ3) is 6.22. The normalized spacial score (nSPS) is 18.7. The average molecular weight is 852 g/mol. The van der Waals surface area contributed by atoms with Crippen LogP contribution in [0.5, 0.6) is 0 Å². The van der Waals surface area contributed by atoms with Gasteiger partial charge in [-0.2, -0.15) is 0 Å². The Hall–Kier alpha value is -5.99. The molecule has 0 unspecified atom stereocenters. The predicted molar refractivity (Wildman–Crippen MR) is 273 cm³/mol. The van der Waals surface area contributed by atoms with E-state index in [1.807, 2.05) is 18.2 Å². The van der Waals surface area contributed by atoms with Gasteiger partial charge in [-0.05, 0) is 135 Å². The predicted octanol–water partition coefficient (Wildman–Crippen LogP) is 15.7. The number of nitrogens with one attached hydrogen (secondary N) is 1. The first kappa shape index (κ1) is 42.9. The number of hydrogen-bond acceptors (Lipinski definition) is 1. The molecule has 0 aliphatic heterocycles. The molecule has 0 bridgehead atoms. The SMILES string of the molecule is C[C@H](NC(=O)c1ccc2c(c1)C13c4cc(C(C)(C)C)ccc4-c4ccc(C(C)(C)C)cc4C1(c1ccccc1-2)c1cc(C(C)(C)C)ccc1-c1ccc(C(C)(C)C)cc13)c1ccccc1. The first-order valence-corrected chi connectivity index (χ1v) is 23.8. The van der Waals surface area contributed by atoms with Crippen molar-refractivity contribution in [3.63, 3.8) is 0 Å². The second-order valence-electron chi connectivity index (χ2n) is 23.5. The molecule has 7 aromatic carbocycles. The highest BCUT2D eigenvalue weighted by Crippen LogP contribution is 2.74. The summed E-state index contributed by atoms with van der Waals surface area (Å²) in [5, 5.41) is 3.42. The fraction of sp³-hybridized carbons (Fsp3) is 0.317. The van der Waals surface area contributed by atoms with Crippen LogP contribution >= 0.6 is 0 Å². The molecule has 2 nitrogen and oxygen atoms in total. The lowest BCUT2D eigenvalue weighted by molar-refractivity contribution is 0.0939. The molecule has 328 valence electrons. The van der Waals surface area contributed by atoms with Crippen LogP contribution in [0.2, 0.25) is 0 Å². The lowest BCUT2D eigenvalue weighted by atomic mass is 9.38. The molecule has 3 aliphatic rings. The zero-order chi connectivity index (χ0) is 46.2. The summed E-state index contributed by atoms with van der Waals surface area (Å²) in [7, 11) is 0. The van der Waals surface area contributed by atoms with Crippen molar-refractivity contribution in [1.82, 2.24) is 5.32 Å². The Labute approximate surface area is 388 Å². The van der Waals surface area contributed by atoms with Crippen LogP contribution in [0.3, 0.4) is 0 Å². The molecule has 0 saturated carbocycles. The van der Waals surface area contributed by atoms with Gasteiger partial charge in [0.05, 0.1) is 16.9 Å². The van der Waals surface area contributed by atoms with Crippen LogP contribution in [-0.2, 0) is 32.5 Å². The largest absolute Gasteiger partial charge is 0.346 e. The maximum absolute atomic E-state index is 14.9. The monoisotopic (exact) mass is 852 g/mol. The van der Waals surface area contributed by atoms with E-state index in [-0.39, 0.29) is 33.6 Å². The molecule has 1 N–H and O–H groups in total. The van der Waals surface area contributed by atoms with Crippen LogP contribution in [-0.4, -0.2) is 5.91 Å².